The summed E-state index contributed by atoms with van der Waals surface area (Å²) in [6.07, 6.45) is 2.16. The fourth-order valence-electron chi connectivity index (χ4n) is 3.43. The topological polar surface area (TPSA) is 49.8 Å². The molecule has 1 aromatic heterocycles. The van der Waals surface area contributed by atoms with Crippen molar-refractivity contribution in [3.05, 3.63) is 21.9 Å². The third-order valence-electron chi connectivity index (χ3n) is 4.89. The van der Waals surface area contributed by atoms with Gasteiger partial charge in [-0.05, 0) is 30.9 Å². The number of aliphatic hydroxyl groups is 1. The van der Waals surface area contributed by atoms with Crippen LogP contribution in [0, 0.1) is 11.3 Å². The van der Waals surface area contributed by atoms with Gasteiger partial charge in [0.05, 0.1) is 23.6 Å². The lowest BCUT2D eigenvalue weighted by atomic mass is 9.75. The fraction of sp³-hybridized carbons (Fsp3) is 0.688. The number of thiophene rings is 1. The third-order valence-corrected chi connectivity index (χ3v) is 5.94. The Kier molecular flexibility index (Phi) is 3.62. The smallest absolute Gasteiger partial charge is 0.264 e. The van der Waals surface area contributed by atoms with E-state index in [1.54, 1.807) is 7.11 Å². The fourth-order valence-corrected chi connectivity index (χ4v) is 4.38. The quantitative estimate of drug-likeness (QED) is 0.930. The predicted octanol–water partition coefficient (Wildman–Crippen LogP) is 2.52. The Labute approximate surface area is 129 Å². The summed E-state index contributed by atoms with van der Waals surface area (Å²) >= 11 is 1.48. The number of nitrogens with zero attached hydrogens (tertiary/aromatic N) is 1. The summed E-state index contributed by atoms with van der Waals surface area (Å²) in [6.45, 7) is 5.76. The van der Waals surface area contributed by atoms with Gasteiger partial charge < -0.3 is 14.7 Å². The van der Waals surface area contributed by atoms with Crippen molar-refractivity contribution in [2.24, 2.45) is 11.3 Å². The van der Waals surface area contributed by atoms with Gasteiger partial charge in [0.15, 0.2) is 0 Å². The number of carbonyl (C=O) groups excluding carboxylic acids is 1. The average molecular weight is 309 g/mol. The molecular weight excluding hydrogens is 286 g/mol. The summed E-state index contributed by atoms with van der Waals surface area (Å²) in [4.78, 5) is 16.3. The first-order chi connectivity index (χ1) is 9.87. The van der Waals surface area contributed by atoms with Crippen LogP contribution in [-0.4, -0.2) is 41.7 Å². The Balaban J connectivity index is 1.76. The van der Waals surface area contributed by atoms with Gasteiger partial charge in [-0.1, -0.05) is 13.8 Å². The van der Waals surface area contributed by atoms with E-state index in [1.807, 2.05) is 17.0 Å². The van der Waals surface area contributed by atoms with Crippen LogP contribution in [0.1, 0.15) is 41.2 Å². The van der Waals surface area contributed by atoms with Crippen LogP contribution in [0.4, 0.5) is 0 Å². The second-order valence-electron chi connectivity index (χ2n) is 6.94. The van der Waals surface area contributed by atoms with Gasteiger partial charge in [0.2, 0.25) is 0 Å². The first-order valence-corrected chi connectivity index (χ1v) is 8.28. The van der Waals surface area contributed by atoms with Gasteiger partial charge in [-0.2, -0.15) is 0 Å². The van der Waals surface area contributed by atoms with Gasteiger partial charge in [-0.3, -0.25) is 4.79 Å². The number of ether oxygens (including phenoxy) is 1. The van der Waals surface area contributed by atoms with E-state index in [2.05, 4.69) is 13.8 Å². The van der Waals surface area contributed by atoms with Crippen LogP contribution in [0.25, 0.3) is 0 Å². The SMILES string of the molecule is COCc1ccc(C(=O)N2CC(C)(C)[C@](O)(C3CC3)C2)s1. The van der Waals surface area contributed by atoms with Crippen molar-refractivity contribution in [1.29, 1.82) is 0 Å². The Morgan fingerprint density at radius 3 is 2.76 bits per heavy atom. The summed E-state index contributed by atoms with van der Waals surface area (Å²) in [5, 5.41) is 11.0. The van der Waals surface area contributed by atoms with Gasteiger partial charge in [-0.25, -0.2) is 0 Å². The van der Waals surface area contributed by atoms with Crippen molar-refractivity contribution in [2.75, 3.05) is 20.2 Å². The van der Waals surface area contributed by atoms with E-state index in [0.717, 1.165) is 22.6 Å². The van der Waals surface area contributed by atoms with E-state index in [-0.39, 0.29) is 11.3 Å². The second kappa shape index (κ2) is 5.07. The van der Waals surface area contributed by atoms with Crippen LogP contribution < -0.4 is 0 Å². The zero-order chi connectivity index (χ0) is 15.3. The molecule has 0 bridgehead atoms. The van der Waals surface area contributed by atoms with Gasteiger partial charge in [-0.15, -0.1) is 11.3 Å². The Hall–Kier alpha value is -0.910. The molecule has 0 unspecified atom stereocenters. The largest absolute Gasteiger partial charge is 0.387 e. The van der Waals surface area contributed by atoms with Crippen LogP contribution in [0.2, 0.25) is 0 Å². The van der Waals surface area contributed by atoms with Crippen molar-refractivity contribution in [2.45, 2.75) is 38.9 Å². The molecule has 1 atom stereocenters. The molecule has 1 saturated carbocycles. The minimum absolute atomic E-state index is 0.0343. The summed E-state index contributed by atoms with van der Waals surface area (Å²) in [6, 6.07) is 3.80. The number of hydrogen-bond acceptors (Lipinski definition) is 4. The molecule has 1 aliphatic heterocycles. The van der Waals surface area contributed by atoms with Crippen molar-refractivity contribution < 1.29 is 14.6 Å². The molecule has 0 spiro atoms. The highest BCUT2D eigenvalue weighted by Gasteiger charge is 2.59. The Morgan fingerprint density at radius 1 is 1.43 bits per heavy atom. The molecular formula is C16H23NO3S. The molecule has 1 N–H and O–H groups in total. The van der Waals surface area contributed by atoms with Gasteiger partial charge in [0.1, 0.15) is 0 Å². The molecule has 5 heteroatoms. The number of hydrogen-bond donors (Lipinski definition) is 1. The zero-order valence-corrected chi connectivity index (χ0v) is 13.7. The highest BCUT2D eigenvalue weighted by molar-refractivity contribution is 7.14. The minimum atomic E-state index is -0.727. The van der Waals surface area contributed by atoms with Crippen molar-refractivity contribution in [3.8, 4) is 0 Å². The van der Waals surface area contributed by atoms with E-state index in [9.17, 15) is 9.90 Å². The summed E-state index contributed by atoms with van der Waals surface area (Å²) in [5.41, 5.74) is -0.967. The lowest BCUT2D eigenvalue weighted by Crippen LogP contribution is -2.46. The highest BCUT2D eigenvalue weighted by atomic mass is 32.1. The molecule has 1 saturated heterocycles. The van der Waals surface area contributed by atoms with Crippen LogP contribution >= 0.6 is 11.3 Å². The van der Waals surface area contributed by atoms with Crippen LogP contribution in [0.3, 0.4) is 0 Å². The molecule has 2 heterocycles. The normalized spacial score (nSPS) is 28.1. The first kappa shape index (κ1) is 15.0. The van der Waals surface area contributed by atoms with E-state index in [1.165, 1.54) is 11.3 Å². The molecule has 0 radical (unpaired) electrons. The first-order valence-electron chi connectivity index (χ1n) is 7.47. The van der Waals surface area contributed by atoms with Crippen LogP contribution in [-0.2, 0) is 11.3 Å². The lowest BCUT2D eigenvalue weighted by Gasteiger charge is -2.35. The second-order valence-corrected chi connectivity index (χ2v) is 8.11. The third kappa shape index (κ3) is 2.51. The molecule has 4 nitrogen and oxygen atoms in total. The molecule has 2 aliphatic rings. The summed E-state index contributed by atoms with van der Waals surface area (Å²) < 4.78 is 5.10. The number of rotatable bonds is 4. The number of likely N-dealkylation sites (tertiary alicyclic amines) is 1. The standard InChI is InChI=1S/C16H23NO3S/c1-15(2)9-17(10-16(15,19)11-4-5-11)14(18)13-7-6-12(21-13)8-20-3/h6-7,11,19H,4-5,8-10H2,1-3H3/t16-/m1/s1. The van der Waals surface area contributed by atoms with Crippen molar-refractivity contribution >= 4 is 17.2 Å². The number of β-amino-alcohol motifs (C(OH)–C–C–N with tert-alkyl or cyclic N) is 1. The Morgan fingerprint density at radius 2 is 2.14 bits per heavy atom. The van der Waals surface area contributed by atoms with Crippen LogP contribution in [0.15, 0.2) is 12.1 Å². The van der Waals surface area contributed by atoms with E-state index in [0.29, 0.717) is 25.6 Å². The maximum absolute atomic E-state index is 12.7. The molecule has 3 rings (SSSR count). The Bertz CT molecular complexity index is 549. The molecule has 1 aliphatic carbocycles. The lowest BCUT2D eigenvalue weighted by molar-refractivity contribution is -0.0481. The van der Waals surface area contributed by atoms with E-state index < -0.39 is 5.60 Å². The molecule has 0 aromatic carbocycles. The van der Waals surface area contributed by atoms with Gasteiger partial charge >= 0.3 is 0 Å². The zero-order valence-electron chi connectivity index (χ0n) is 12.9. The molecule has 2 fully saturated rings. The number of methoxy groups -OCH3 is 1. The average Bonchev–Trinajstić information content (AvgIpc) is 3.12. The van der Waals surface area contributed by atoms with Crippen LogP contribution in [0.5, 0.6) is 0 Å². The van der Waals surface area contributed by atoms with Crippen molar-refractivity contribution in [3.63, 3.8) is 0 Å². The maximum Gasteiger partial charge on any atom is 0.264 e. The monoisotopic (exact) mass is 309 g/mol. The molecule has 1 aromatic rings. The highest BCUT2D eigenvalue weighted by Crippen LogP contribution is 2.52. The van der Waals surface area contributed by atoms with Gasteiger partial charge in [0.25, 0.3) is 5.91 Å². The molecule has 21 heavy (non-hydrogen) atoms. The molecule has 1 amide bonds. The van der Waals surface area contributed by atoms with Gasteiger partial charge in [0, 0.05) is 23.9 Å². The van der Waals surface area contributed by atoms with E-state index in [4.69, 9.17) is 4.74 Å². The minimum Gasteiger partial charge on any atom is -0.387 e. The summed E-state index contributed by atoms with van der Waals surface area (Å²) in [7, 11) is 1.65. The van der Waals surface area contributed by atoms with E-state index >= 15 is 0 Å². The number of carbonyl (C=O) groups is 1. The molecule has 116 valence electrons. The predicted molar refractivity (Wildman–Crippen MR) is 82.4 cm³/mol. The summed E-state index contributed by atoms with van der Waals surface area (Å²) in [5.74, 6) is 0.393. The maximum atomic E-state index is 12.7. The van der Waals surface area contributed by atoms with Crippen molar-refractivity contribution in [1.82, 2.24) is 4.90 Å². The number of amides is 1.